The van der Waals surface area contributed by atoms with Gasteiger partial charge < -0.3 is 9.15 Å². The standard InChI is InChI=1S/C11H4N3O2/c12-4-8-2-1-3-9(5-13)11(8)16-10-6-14-7-15-10/h1-3,6H. The molecule has 1 aromatic heterocycles. The minimum atomic E-state index is 0.0826. The van der Waals surface area contributed by atoms with Crippen LogP contribution in [0.5, 0.6) is 11.7 Å². The fourth-order valence-corrected chi connectivity index (χ4v) is 1.15. The molecule has 0 atom stereocenters. The molecule has 0 bridgehead atoms. The molecule has 0 amide bonds. The maximum Gasteiger partial charge on any atom is 0.311 e. The van der Waals surface area contributed by atoms with Crippen molar-refractivity contribution in [3.63, 3.8) is 0 Å². The first-order valence-electron chi connectivity index (χ1n) is 4.28. The van der Waals surface area contributed by atoms with E-state index in [2.05, 4.69) is 11.4 Å². The van der Waals surface area contributed by atoms with Gasteiger partial charge >= 0.3 is 5.95 Å². The molecule has 5 heteroatoms. The van der Waals surface area contributed by atoms with Gasteiger partial charge in [-0.25, -0.2) is 4.98 Å². The number of para-hydroxylation sites is 1. The normalized spacial score (nSPS) is 9.12. The summed E-state index contributed by atoms with van der Waals surface area (Å²) in [7, 11) is 0. The SMILES string of the molecule is N#Cc1cccc(C#N)c1Oc1cn[c]o1. The lowest BCUT2D eigenvalue weighted by molar-refractivity contribution is 0.341. The highest BCUT2D eigenvalue weighted by molar-refractivity contribution is 5.54. The number of benzene rings is 1. The van der Waals surface area contributed by atoms with E-state index in [9.17, 15) is 0 Å². The molecule has 2 aromatic rings. The van der Waals surface area contributed by atoms with Crippen molar-refractivity contribution in [3.8, 4) is 23.8 Å². The highest BCUT2D eigenvalue weighted by Gasteiger charge is 2.11. The van der Waals surface area contributed by atoms with Gasteiger partial charge in [-0.3, -0.25) is 0 Å². The first-order valence-corrected chi connectivity index (χ1v) is 4.28. The van der Waals surface area contributed by atoms with Crippen LogP contribution >= 0.6 is 0 Å². The van der Waals surface area contributed by atoms with Crippen molar-refractivity contribution in [2.45, 2.75) is 0 Å². The molecule has 0 saturated carbocycles. The summed E-state index contributed by atoms with van der Waals surface area (Å²) < 4.78 is 10.0. The second-order valence-corrected chi connectivity index (χ2v) is 2.78. The molecule has 1 aromatic carbocycles. The van der Waals surface area contributed by atoms with Gasteiger partial charge in [-0.05, 0) is 12.1 Å². The average molecular weight is 210 g/mol. The first kappa shape index (κ1) is 9.75. The van der Waals surface area contributed by atoms with E-state index in [1.807, 2.05) is 12.1 Å². The Morgan fingerprint density at radius 1 is 1.25 bits per heavy atom. The smallest absolute Gasteiger partial charge is 0.311 e. The summed E-state index contributed by atoms with van der Waals surface area (Å²) in [4.78, 5) is 3.55. The van der Waals surface area contributed by atoms with Gasteiger partial charge in [0, 0.05) is 0 Å². The third kappa shape index (κ3) is 1.70. The lowest BCUT2D eigenvalue weighted by Gasteiger charge is -2.04. The second kappa shape index (κ2) is 4.16. The average Bonchev–Trinajstić information content (AvgIpc) is 2.82. The Hall–Kier alpha value is -2.79. The van der Waals surface area contributed by atoms with E-state index in [0.29, 0.717) is 0 Å². The molecule has 0 aliphatic heterocycles. The number of hydrogen-bond acceptors (Lipinski definition) is 5. The minimum Gasteiger partial charge on any atom is -0.422 e. The topological polar surface area (TPSA) is 82.8 Å². The Kier molecular flexibility index (Phi) is 2.53. The summed E-state index contributed by atoms with van der Waals surface area (Å²) in [6.45, 7) is 0. The molecule has 5 nitrogen and oxygen atoms in total. The van der Waals surface area contributed by atoms with E-state index in [1.165, 1.54) is 6.20 Å². The van der Waals surface area contributed by atoms with Gasteiger partial charge in [-0.15, -0.1) is 0 Å². The predicted molar refractivity (Wildman–Crippen MR) is 51.3 cm³/mol. The molecule has 0 spiro atoms. The van der Waals surface area contributed by atoms with Crippen LogP contribution in [0, 0.1) is 29.1 Å². The number of rotatable bonds is 2. The summed E-state index contributed by atoms with van der Waals surface area (Å²) >= 11 is 0. The van der Waals surface area contributed by atoms with Crippen molar-refractivity contribution in [2.75, 3.05) is 0 Å². The molecule has 0 fully saturated rings. The predicted octanol–water partition coefficient (Wildman–Crippen LogP) is 2.01. The van der Waals surface area contributed by atoms with Crippen LogP contribution in [-0.4, -0.2) is 4.98 Å². The van der Waals surface area contributed by atoms with E-state index in [0.717, 1.165) is 0 Å². The van der Waals surface area contributed by atoms with Gasteiger partial charge in [0.25, 0.3) is 6.39 Å². The highest BCUT2D eigenvalue weighted by atomic mass is 16.6. The van der Waals surface area contributed by atoms with E-state index in [4.69, 9.17) is 19.7 Å². The fourth-order valence-electron chi connectivity index (χ4n) is 1.15. The maximum absolute atomic E-state index is 8.87. The molecule has 16 heavy (non-hydrogen) atoms. The highest BCUT2D eigenvalue weighted by Crippen LogP contribution is 2.28. The first-order chi connectivity index (χ1) is 7.85. The number of hydrogen-bond donors (Lipinski definition) is 0. The summed E-state index contributed by atoms with van der Waals surface area (Å²) in [6, 6.07) is 8.58. The summed E-state index contributed by atoms with van der Waals surface area (Å²) in [6.07, 6.45) is 3.51. The van der Waals surface area contributed by atoms with Crippen LogP contribution in [0.3, 0.4) is 0 Å². The Morgan fingerprint density at radius 3 is 2.44 bits per heavy atom. The van der Waals surface area contributed by atoms with Crippen molar-refractivity contribution in [3.05, 3.63) is 41.9 Å². The van der Waals surface area contributed by atoms with Crippen molar-refractivity contribution < 1.29 is 9.15 Å². The van der Waals surface area contributed by atoms with Gasteiger partial charge in [0.15, 0.2) is 5.75 Å². The number of nitrogens with zero attached hydrogens (tertiary/aromatic N) is 3. The molecule has 0 N–H and O–H groups in total. The van der Waals surface area contributed by atoms with Crippen LogP contribution in [-0.2, 0) is 0 Å². The number of oxazole rings is 1. The van der Waals surface area contributed by atoms with Crippen LogP contribution in [0.2, 0.25) is 0 Å². The second-order valence-electron chi connectivity index (χ2n) is 2.78. The molecule has 1 heterocycles. The Labute approximate surface area is 91.1 Å². The van der Waals surface area contributed by atoms with Gasteiger partial charge in [0.1, 0.15) is 18.3 Å². The summed E-state index contributed by atoms with van der Waals surface area (Å²) in [5, 5.41) is 17.7. The third-order valence-corrected chi connectivity index (χ3v) is 1.83. The molecule has 2 rings (SSSR count). The van der Waals surface area contributed by atoms with Crippen LogP contribution in [0.4, 0.5) is 0 Å². The van der Waals surface area contributed by atoms with E-state index >= 15 is 0 Å². The van der Waals surface area contributed by atoms with E-state index in [1.54, 1.807) is 18.2 Å². The molecule has 0 aliphatic rings. The Bertz CT molecular complexity index is 544. The zero-order chi connectivity index (χ0) is 11.4. The molecule has 1 radical (unpaired) electrons. The van der Waals surface area contributed by atoms with Gasteiger partial charge in [-0.1, -0.05) is 6.07 Å². The van der Waals surface area contributed by atoms with Crippen LogP contribution in [0.15, 0.2) is 28.8 Å². The maximum atomic E-state index is 8.87. The largest absolute Gasteiger partial charge is 0.422 e. The van der Waals surface area contributed by atoms with Crippen molar-refractivity contribution in [1.82, 2.24) is 4.98 Å². The monoisotopic (exact) mass is 210 g/mol. The van der Waals surface area contributed by atoms with Crippen molar-refractivity contribution in [2.24, 2.45) is 0 Å². The number of aromatic nitrogens is 1. The Balaban J connectivity index is 2.47. The van der Waals surface area contributed by atoms with Crippen molar-refractivity contribution in [1.29, 1.82) is 10.5 Å². The molecular weight excluding hydrogens is 206 g/mol. The fraction of sp³-hybridized carbons (Fsp3) is 0. The van der Waals surface area contributed by atoms with Gasteiger partial charge in [0.05, 0.1) is 11.1 Å². The number of ether oxygens (including phenoxy) is 1. The molecule has 0 saturated heterocycles. The van der Waals surface area contributed by atoms with Gasteiger partial charge in [-0.2, -0.15) is 10.5 Å². The Morgan fingerprint density at radius 2 is 1.94 bits per heavy atom. The third-order valence-electron chi connectivity index (χ3n) is 1.83. The lowest BCUT2D eigenvalue weighted by atomic mass is 10.1. The lowest BCUT2D eigenvalue weighted by Crippen LogP contribution is -1.90. The molecule has 75 valence electrons. The number of nitriles is 2. The summed E-state index contributed by atoms with van der Waals surface area (Å²) in [5.74, 6) is 0.247. The van der Waals surface area contributed by atoms with Crippen LogP contribution < -0.4 is 4.74 Å². The van der Waals surface area contributed by atoms with E-state index < -0.39 is 0 Å². The zero-order valence-corrected chi connectivity index (χ0v) is 7.97. The molecular formula is C11H4N3O2. The molecule has 0 unspecified atom stereocenters. The van der Waals surface area contributed by atoms with Gasteiger partial charge in [0.2, 0.25) is 0 Å². The molecule has 0 aliphatic carbocycles. The zero-order valence-electron chi connectivity index (χ0n) is 7.97. The van der Waals surface area contributed by atoms with Crippen molar-refractivity contribution >= 4 is 0 Å². The summed E-state index contributed by atoms with van der Waals surface area (Å²) in [5.41, 5.74) is 0.519. The van der Waals surface area contributed by atoms with E-state index in [-0.39, 0.29) is 22.8 Å². The minimum absolute atomic E-state index is 0.0826. The van der Waals surface area contributed by atoms with Crippen LogP contribution in [0.25, 0.3) is 0 Å². The van der Waals surface area contributed by atoms with Crippen LogP contribution in [0.1, 0.15) is 11.1 Å². The quantitative estimate of drug-likeness (QED) is 0.756.